The fourth-order valence-electron chi connectivity index (χ4n) is 3.49. The molecule has 0 bridgehead atoms. The van der Waals surface area contributed by atoms with Crippen LogP contribution in [0.5, 0.6) is 0 Å². The zero-order chi connectivity index (χ0) is 15.6. The second-order valence-electron chi connectivity index (χ2n) is 6.34. The normalized spacial score (nSPS) is 19.9. The third-order valence-electron chi connectivity index (χ3n) is 4.98. The SMILES string of the molecule is CN=C(NCc1cc(C#N)ccc1F)N1CCC2(CCC2)C1. The lowest BCUT2D eigenvalue weighted by molar-refractivity contribution is 0.151. The Kier molecular flexibility index (Phi) is 4.02. The largest absolute Gasteiger partial charge is 0.352 e. The van der Waals surface area contributed by atoms with Gasteiger partial charge in [0.15, 0.2) is 5.96 Å². The molecule has 2 aliphatic rings. The van der Waals surface area contributed by atoms with Crippen molar-refractivity contribution in [2.75, 3.05) is 20.1 Å². The van der Waals surface area contributed by atoms with Crippen LogP contribution in [0.3, 0.4) is 0 Å². The number of nitrogens with one attached hydrogen (secondary N) is 1. The van der Waals surface area contributed by atoms with Crippen molar-refractivity contribution < 1.29 is 4.39 Å². The molecule has 1 aromatic rings. The van der Waals surface area contributed by atoms with E-state index in [0.717, 1.165) is 19.0 Å². The predicted octanol–water partition coefficient (Wildman–Crippen LogP) is 2.65. The van der Waals surface area contributed by atoms with Crippen molar-refractivity contribution in [2.24, 2.45) is 10.4 Å². The minimum Gasteiger partial charge on any atom is -0.352 e. The number of rotatable bonds is 2. The number of nitrogens with zero attached hydrogens (tertiary/aromatic N) is 3. The van der Waals surface area contributed by atoms with Crippen molar-refractivity contribution in [1.29, 1.82) is 5.26 Å². The molecular weight excluding hydrogens is 279 g/mol. The van der Waals surface area contributed by atoms with E-state index in [4.69, 9.17) is 5.26 Å². The van der Waals surface area contributed by atoms with Crippen LogP contribution < -0.4 is 5.32 Å². The Morgan fingerprint density at radius 1 is 1.45 bits per heavy atom. The molecular formula is C17H21FN4. The maximum absolute atomic E-state index is 13.8. The fourth-order valence-corrected chi connectivity index (χ4v) is 3.49. The van der Waals surface area contributed by atoms with Crippen molar-refractivity contribution in [3.8, 4) is 6.07 Å². The van der Waals surface area contributed by atoms with Crippen LogP contribution in [-0.4, -0.2) is 31.0 Å². The van der Waals surface area contributed by atoms with Crippen molar-refractivity contribution in [2.45, 2.75) is 32.2 Å². The average molecular weight is 300 g/mol. The van der Waals surface area contributed by atoms with Crippen molar-refractivity contribution in [1.82, 2.24) is 10.2 Å². The quantitative estimate of drug-likeness (QED) is 0.675. The Bertz CT molecular complexity index is 628. The minimum absolute atomic E-state index is 0.293. The fraction of sp³-hybridized carbons (Fsp3) is 0.529. The predicted molar refractivity (Wildman–Crippen MR) is 83.8 cm³/mol. The topological polar surface area (TPSA) is 51.4 Å². The van der Waals surface area contributed by atoms with Gasteiger partial charge in [-0.05, 0) is 42.9 Å². The third kappa shape index (κ3) is 2.78. The summed E-state index contributed by atoms with van der Waals surface area (Å²) < 4.78 is 13.8. The van der Waals surface area contributed by atoms with Crippen LogP contribution in [0.1, 0.15) is 36.8 Å². The van der Waals surface area contributed by atoms with E-state index in [-0.39, 0.29) is 5.82 Å². The molecule has 1 aliphatic heterocycles. The number of hydrogen-bond acceptors (Lipinski definition) is 2. The highest BCUT2D eigenvalue weighted by atomic mass is 19.1. The molecule has 0 atom stereocenters. The summed E-state index contributed by atoms with van der Waals surface area (Å²) in [4.78, 5) is 6.59. The molecule has 116 valence electrons. The monoisotopic (exact) mass is 300 g/mol. The lowest BCUT2D eigenvalue weighted by Crippen LogP contribution is -2.42. The number of likely N-dealkylation sites (tertiary alicyclic amines) is 1. The molecule has 0 radical (unpaired) electrons. The van der Waals surface area contributed by atoms with Gasteiger partial charge in [0.05, 0.1) is 11.6 Å². The number of hydrogen-bond donors (Lipinski definition) is 1. The van der Waals surface area contributed by atoms with Crippen molar-refractivity contribution in [3.63, 3.8) is 0 Å². The van der Waals surface area contributed by atoms with Gasteiger partial charge in [-0.1, -0.05) is 6.42 Å². The van der Waals surface area contributed by atoms with Crippen LogP contribution in [0, 0.1) is 22.6 Å². The minimum atomic E-state index is -0.293. The van der Waals surface area contributed by atoms with E-state index in [9.17, 15) is 4.39 Å². The maximum atomic E-state index is 13.8. The molecule has 1 aliphatic carbocycles. The zero-order valence-electron chi connectivity index (χ0n) is 12.9. The summed E-state index contributed by atoms with van der Waals surface area (Å²) in [5.74, 6) is 0.532. The lowest BCUT2D eigenvalue weighted by Gasteiger charge is -2.38. The summed E-state index contributed by atoms with van der Waals surface area (Å²) >= 11 is 0. The first-order chi connectivity index (χ1) is 10.7. The Hall–Kier alpha value is -2.09. The summed E-state index contributed by atoms with van der Waals surface area (Å²) in [7, 11) is 1.76. The van der Waals surface area contributed by atoms with Gasteiger partial charge in [-0.3, -0.25) is 4.99 Å². The van der Waals surface area contributed by atoms with Gasteiger partial charge in [0.2, 0.25) is 0 Å². The molecule has 0 unspecified atom stereocenters. The van der Waals surface area contributed by atoms with Gasteiger partial charge in [-0.25, -0.2) is 4.39 Å². The van der Waals surface area contributed by atoms with Crippen LogP contribution in [0.15, 0.2) is 23.2 Å². The summed E-state index contributed by atoms with van der Waals surface area (Å²) in [6.07, 6.45) is 5.21. The first-order valence-corrected chi connectivity index (χ1v) is 7.80. The van der Waals surface area contributed by atoms with E-state index in [1.54, 1.807) is 13.1 Å². The van der Waals surface area contributed by atoms with E-state index in [1.807, 2.05) is 6.07 Å². The molecule has 3 rings (SSSR count). The van der Waals surface area contributed by atoms with Gasteiger partial charge in [-0.15, -0.1) is 0 Å². The van der Waals surface area contributed by atoms with E-state index in [0.29, 0.717) is 23.1 Å². The van der Waals surface area contributed by atoms with E-state index in [1.165, 1.54) is 37.8 Å². The summed E-state index contributed by atoms with van der Waals surface area (Å²) in [6, 6.07) is 6.47. The van der Waals surface area contributed by atoms with Gasteiger partial charge in [0, 0.05) is 32.2 Å². The van der Waals surface area contributed by atoms with Crippen LogP contribution in [0.4, 0.5) is 4.39 Å². The Morgan fingerprint density at radius 2 is 2.27 bits per heavy atom. The molecule has 22 heavy (non-hydrogen) atoms. The highest BCUT2D eigenvalue weighted by Crippen LogP contribution is 2.47. The van der Waals surface area contributed by atoms with Gasteiger partial charge >= 0.3 is 0 Å². The maximum Gasteiger partial charge on any atom is 0.193 e. The smallest absolute Gasteiger partial charge is 0.193 e. The summed E-state index contributed by atoms with van der Waals surface area (Å²) in [5, 5.41) is 12.1. The molecule has 1 spiro atoms. The van der Waals surface area contributed by atoms with Gasteiger partial charge in [-0.2, -0.15) is 5.26 Å². The molecule has 1 saturated heterocycles. The molecule has 4 nitrogen and oxygen atoms in total. The van der Waals surface area contributed by atoms with E-state index < -0.39 is 0 Å². The molecule has 2 fully saturated rings. The highest BCUT2D eigenvalue weighted by molar-refractivity contribution is 5.80. The van der Waals surface area contributed by atoms with Crippen LogP contribution in [0.25, 0.3) is 0 Å². The van der Waals surface area contributed by atoms with Gasteiger partial charge < -0.3 is 10.2 Å². The molecule has 1 N–H and O–H groups in total. The van der Waals surface area contributed by atoms with Crippen molar-refractivity contribution >= 4 is 5.96 Å². The summed E-state index contributed by atoms with van der Waals surface area (Å²) in [6.45, 7) is 2.41. The summed E-state index contributed by atoms with van der Waals surface area (Å²) in [5.41, 5.74) is 1.48. The zero-order valence-corrected chi connectivity index (χ0v) is 12.9. The molecule has 1 saturated carbocycles. The van der Waals surface area contributed by atoms with Crippen molar-refractivity contribution in [3.05, 3.63) is 35.1 Å². The Labute approximate surface area is 130 Å². The highest BCUT2D eigenvalue weighted by Gasteiger charge is 2.43. The van der Waals surface area contributed by atoms with Crippen LogP contribution in [0.2, 0.25) is 0 Å². The molecule has 1 aromatic carbocycles. The molecule has 0 aromatic heterocycles. The van der Waals surface area contributed by atoms with Gasteiger partial charge in [0.1, 0.15) is 5.82 Å². The number of guanidine groups is 1. The third-order valence-corrected chi connectivity index (χ3v) is 4.98. The number of aliphatic imine (C=N–C) groups is 1. The average Bonchev–Trinajstić information content (AvgIpc) is 2.95. The van der Waals surface area contributed by atoms with E-state index >= 15 is 0 Å². The molecule has 0 amide bonds. The second-order valence-corrected chi connectivity index (χ2v) is 6.34. The number of benzene rings is 1. The molecule has 1 heterocycles. The Balaban J connectivity index is 1.64. The second kappa shape index (κ2) is 5.96. The van der Waals surface area contributed by atoms with E-state index in [2.05, 4.69) is 15.2 Å². The van der Waals surface area contributed by atoms with Crippen LogP contribution >= 0.6 is 0 Å². The van der Waals surface area contributed by atoms with Crippen LogP contribution in [-0.2, 0) is 6.54 Å². The van der Waals surface area contributed by atoms with Gasteiger partial charge in [0.25, 0.3) is 0 Å². The lowest BCUT2D eigenvalue weighted by atomic mass is 9.68. The number of nitriles is 1. The number of halogens is 1. The first-order valence-electron chi connectivity index (χ1n) is 7.80. The first kappa shape index (κ1) is 14.8. The Morgan fingerprint density at radius 3 is 2.86 bits per heavy atom. The molecule has 5 heteroatoms. The standard InChI is InChI=1S/C17H21FN4/c1-20-16(22-8-7-17(12-22)5-2-6-17)21-11-14-9-13(10-19)3-4-15(14)18/h3-4,9H,2,5-8,11-12H2,1H3,(H,20,21).